The number of rotatable bonds is 4. The number of aromatic carboxylic acids is 1. The number of carboxylic acid groups (broad SMARTS) is 1. The number of halogens is 1. The summed E-state index contributed by atoms with van der Waals surface area (Å²) in [7, 11) is 3.04. The molecule has 0 saturated heterocycles. The molecule has 104 valence electrons. The molecule has 0 fully saturated rings. The van der Waals surface area contributed by atoms with Crippen LogP contribution in [-0.4, -0.2) is 35.3 Å². The van der Waals surface area contributed by atoms with Gasteiger partial charge in [0.2, 0.25) is 0 Å². The molecular formula is C13H11ClN2O4. The molecule has 0 aliphatic heterocycles. The summed E-state index contributed by atoms with van der Waals surface area (Å²) in [6, 6.07) is 5.05. The number of methoxy groups -OCH3 is 2. The van der Waals surface area contributed by atoms with Crippen molar-refractivity contribution in [2.24, 2.45) is 0 Å². The van der Waals surface area contributed by atoms with Crippen LogP contribution in [0.25, 0.3) is 11.4 Å². The lowest BCUT2D eigenvalue weighted by Gasteiger charge is -2.08. The average Bonchev–Trinajstić information content (AvgIpc) is 2.46. The van der Waals surface area contributed by atoms with Crippen molar-refractivity contribution in [3.05, 3.63) is 35.1 Å². The van der Waals surface area contributed by atoms with Crippen LogP contribution in [0.4, 0.5) is 0 Å². The van der Waals surface area contributed by atoms with Gasteiger partial charge in [-0.05, 0) is 12.1 Å². The Morgan fingerprint density at radius 1 is 1.20 bits per heavy atom. The molecule has 0 bridgehead atoms. The summed E-state index contributed by atoms with van der Waals surface area (Å²) in [5.74, 6) is 0.113. The second-order valence-corrected chi connectivity index (χ2v) is 4.20. The molecule has 2 rings (SSSR count). The molecule has 1 aromatic carbocycles. The quantitative estimate of drug-likeness (QED) is 0.933. The molecule has 0 aliphatic carbocycles. The van der Waals surface area contributed by atoms with Gasteiger partial charge in [-0.3, -0.25) is 0 Å². The van der Waals surface area contributed by atoms with Gasteiger partial charge in [0, 0.05) is 11.6 Å². The molecule has 0 unspecified atom stereocenters. The Kier molecular flexibility index (Phi) is 4.05. The topological polar surface area (TPSA) is 81.5 Å². The van der Waals surface area contributed by atoms with Crippen LogP contribution in [0.2, 0.25) is 5.02 Å². The van der Waals surface area contributed by atoms with E-state index in [1.807, 2.05) is 0 Å². The normalized spacial score (nSPS) is 10.2. The largest absolute Gasteiger partial charge is 0.497 e. The van der Waals surface area contributed by atoms with Crippen LogP contribution in [-0.2, 0) is 0 Å². The first kappa shape index (κ1) is 14.1. The number of carbonyl (C=O) groups is 1. The summed E-state index contributed by atoms with van der Waals surface area (Å²) in [6.45, 7) is 0. The first-order valence-electron chi connectivity index (χ1n) is 5.54. The fourth-order valence-electron chi connectivity index (χ4n) is 1.59. The summed E-state index contributed by atoms with van der Waals surface area (Å²) in [6.07, 6.45) is 1.25. The summed E-state index contributed by atoms with van der Waals surface area (Å²) in [5, 5.41) is 9.00. The molecule has 0 amide bonds. The molecule has 1 heterocycles. The second-order valence-electron chi connectivity index (χ2n) is 3.80. The molecule has 7 heteroatoms. The van der Waals surface area contributed by atoms with Gasteiger partial charge in [0.25, 0.3) is 0 Å². The maximum atomic E-state index is 11.0. The van der Waals surface area contributed by atoms with E-state index < -0.39 is 5.97 Å². The minimum Gasteiger partial charge on any atom is -0.497 e. The zero-order chi connectivity index (χ0) is 14.7. The van der Waals surface area contributed by atoms with E-state index in [2.05, 4.69) is 9.97 Å². The summed E-state index contributed by atoms with van der Waals surface area (Å²) in [5.41, 5.74) is 0.318. The number of nitrogens with zero attached hydrogens (tertiary/aromatic N) is 2. The highest BCUT2D eigenvalue weighted by Gasteiger charge is 2.14. The van der Waals surface area contributed by atoms with Gasteiger partial charge in [-0.25, -0.2) is 14.8 Å². The number of hydrogen-bond donors (Lipinski definition) is 1. The third-order valence-corrected chi connectivity index (χ3v) is 2.83. The number of aromatic nitrogens is 2. The van der Waals surface area contributed by atoms with Gasteiger partial charge in [-0.1, -0.05) is 11.6 Å². The highest BCUT2D eigenvalue weighted by atomic mass is 35.5. The Hall–Kier alpha value is -2.34. The molecule has 1 N–H and O–H groups in total. The molecule has 20 heavy (non-hydrogen) atoms. The maximum absolute atomic E-state index is 11.0. The van der Waals surface area contributed by atoms with E-state index in [1.54, 1.807) is 18.2 Å². The Labute approximate surface area is 120 Å². The smallest absolute Gasteiger partial charge is 0.356 e. The fourth-order valence-corrected chi connectivity index (χ4v) is 1.76. The van der Waals surface area contributed by atoms with Crippen molar-refractivity contribution < 1.29 is 19.4 Å². The van der Waals surface area contributed by atoms with E-state index in [9.17, 15) is 4.79 Å². The highest BCUT2D eigenvalue weighted by Crippen LogP contribution is 2.28. The molecule has 0 spiro atoms. The van der Waals surface area contributed by atoms with E-state index in [0.717, 1.165) is 0 Å². The van der Waals surface area contributed by atoms with E-state index in [0.29, 0.717) is 17.1 Å². The van der Waals surface area contributed by atoms with Crippen molar-refractivity contribution >= 4 is 17.6 Å². The molecule has 6 nitrogen and oxygen atoms in total. The lowest BCUT2D eigenvalue weighted by atomic mass is 10.2. The third kappa shape index (κ3) is 2.80. The third-order valence-electron chi connectivity index (χ3n) is 2.56. The lowest BCUT2D eigenvalue weighted by molar-refractivity contribution is 0.0690. The van der Waals surface area contributed by atoms with Crippen molar-refractivity contribution in [2.75, 3.05) is 14.2 Å². The molecule has 1 aromatic heterocycles. The summed E-state index contributed by atoms with van der Waals surface area (Å²) >= 11 is 5.74. The van der Waals surface area contributed by atoms with Crippen molar-refractivity contribution in [2.45, 2.75) is 0 Å². The van der Waals surface area contributed by atoms with Crippen molar-refractivity contribution in [1.29, 1.82) is 0 Å². The van der Waals surface area contributed by atoms with E-state index >= 15 is 0 Å². The Morgan fingerprint density at radius 3 is 2.30 bits per heavy atom. The zero-order valence-corrected chi connectivity index (χ0v) is 11.5. The van der Waals surface area contributed by atoms with Gasteiger partial charge in [0.15, 0.2) is 11.5 Å². The van der Waals surface area contributed by atoms with E-state index in [-0.39, 0.29) is 16.5 Å². The Bertz CT molecular complexity index is 639. The summed E-state index contributed by atoms with van der Waals surface area (Å²) in [4.78, 5) is 19.0. The minimum atomic E-state index is -1.21. The van der Waals surface area contributed by atoms with Gasteiger partial charge in [-0.2, -0.15) is 0 Å². The number of hydrogen-bond acceptors (Lipinski definition) is 5. The molecule has 0 saturated carbocycles. The predicted octanol–water partition coefficient (Wildman–Crippen LogP) is 2.51. The molecule has 0 aliphatic rings. The Balaban J connectivity index is 2.56. The molecule has 0 atom stereocenters. The monoisotopic (exact) mass is 294 g/mol. The minimum absolute atomic E-state index is 0.0175. The van der Waals surface area contributed by atoms with Crippen molar-refractivity contribution in [3.63, 3.8) is 0 Å². The predicted molar refractivity (Wildman–Crippen MR) is 72.5 cm³/mol. The van der Waals surface area contributed by atoms with Gasteiger partial charge in [0.1, 0.15) is 11.5 Å². The van der Waals surface area contributed by atoms with Crippen LogP contribution < -0.4 is 9.47 Å². The van der Waals surface area contributed by atoms with E-state index in [4.69, 9.17) is 26.2 Å². The SMILES string of the molecule is COc1cc(OC)cc(-c2ncc(Cl)c(C(=O)O)n2)c1. The van der Waals surface area contributed by atoms with Crippen LogP contribution in [0.5, 0.6) is 11.5 Å². The van der Waals surface area contributed by atoms with Gasteiger partial charge in [-0.15, -0.1) is 0 Å². The number of ether oxygens (including phenoxy) is 2. The zero-order valence-electron chi connectivity index (χ0n) is 10.8. The van der Waals surface area contributed by atoms with Crippen LogP contribution >= 0.6 is 11.6 Å². The van der Waals surface area contributed by atoms with Crippen molar-refractivity contribution in [3.8, 4) is 22.9 Å². The highest BCUT2D eigenvalue weighted by molar-refractivity contribution is 6.33. The standard InChI is InChI=1S/C13H11ClN2O4/c1-19-8-3-7(4-9(5-8)20-2)12-15-6-10(14)11(16-12)13(17)18/h3-6H,1-2H3,(H,17,18). The van der Waals surface area contributed by atoms with Crippen molar-refractivity contribution in [1.82, 2.24) is 9.97 Å². The number of carboxylic acids is 1. The first-order chi connectivity index (χ1) is 9.55. The van der Waals surface area contributed by atoms with Crippen LogP contribution in [0.15, 0.2) is 24.4 Å². The van der Waals surface area contributed by atoms with Gasteiger partial charge in [0.05, 0.1) is 25.4 Å². The average molecular weight is 295 g/mol. The molecule has 0 radical (unpaired) electrons. The molecular weight excluding hydrogens is 284 g/mol. The first-order valence-corrected chi connectivity index (χ1v) is 5.92. The number of benzene rings is 1. The summed E-state index contributed by atoms with van der Waals surface area (Å²) < 4.78 is 10.3. The van der Waals surface area contributed by atoms with Crippen LogP contribution in [0.1, 0.15) is 10.5 Å². The fraction of sp³-hybridized carbons (Fsp3) is 0.154. The maximum Gasteiger partial charge on any atom is 0.356 e. The van der Waals surface area contributed by atoms with Crippen LogP contribution in [0.3, 0.4) is 0 Å². The Morgan fingerprint density at radius 2 is 1.80 bits per heavy atom. The lowest BCUT2D eigenvalue weighted by Crippen LogP contribution is -2.04. The van der Waals surface area contributed by atoms with Gasteiger partial charge >= 0.3 is 5.97 Å². The van der Waals surface area contributed by atoms with Crippen LogP contribution in [0, 0.1) is 0 Å². The van der Waals surface area contributed by atoms with Gasteiger partial charge < -0.3 is 14.6 Å². The van der Waals surface area contributed by atoms with E-state index in [1.165, 1.54) is 20.4 Å². The second kappa shape index (κ2) is 5.75. The molecule has 2 aromatic rings.